The summed E-state index contributed by atoms with van der Waals surface area (Å²) < 4.78 is 10.5. The standard InChI is InChI=1S/C18H24N6O3/c19-23-21-12-16(11-15-9-5-2-6-10-17(15)22-24-20)27-18(25)26-13-14-7-3-1-4-8-14/h1,3-4,7-8,15-17H,2,5-6,9-13H2/t15-,16?,17+/m0/s1. The van der Waals surface area contributed by atoms with Gasteiger partial charge in [-0.25, -0.2) is 4.79 Å². The molecule has 0 amide bonds. The highest BCUT2D eigenvalue weighted by Crippen LogP contribution is 2.30. The molecule has 0 aromatic heterocycles. The molecule has 0 bridgehead atoms. The molecular formula is C18H24N6O3. The number of carbonyl (C=O) groups is 1. The summed E-state index contributed by atoms with van der Waals surface area (Å²) in [6.45, 7) is 0.134. The summed E-state index contributed by atoms with van der Waals surface area (Å²) in [4.78, 5) is 17.8. The molecule has 0 heterocycles. The molecule has 27 heavy (non-hydrogen) atoms. The van der Waals surface area contributed by atoms with Gasteiger partial charge in [0.15, 0.2) is 0 Å². The summed E-state index contributed by atoms with van der Waals surface area (Å²) in [6, 6.07) is 9.16. The van der Waals surface area contributed by atoms with Crippen LogP contribution in [0.4, 0.5) is 4.79 Å². The zero-order valence-corrected chi connectivity index (χ0v) is 15.2. The van der Waals surface area contributed by atoms with Gasteiger partial charge < -0.3 is 9.47 Å². The maximum absolute atomic E-state index is 12.0. The lowest BCUT2D eigenvalue weighted by atomic mass is 9.89. The number of nitrogens with zero attached hydrogens (tertiary/aromatic N) is 6. The first kappa shape index (κ1) is 20.4. The highest BCUT2D eigenvalue weighted by atomic mass is 16.7. The van der Waals surface area contributed by atoms with Crippen LogP contribution in [0, 0.1) is 5.92 Å². The van der Waals surface area contributed by atoms with E-state index in [2.05, 4.69) is 20.1 Å². The molecule has 1 aliphatic carbocycles. The minimum absolute atomic E-state index is 0.0242. The maximum atomic E-state index is 12.0. The fraction of sp³-hybridized carbons (Fsp3) is 0.611. The second kappa shape index (κ2) is 11.7. The van der Waals surface area contributed by atoms with E-state index in [1.54, 1.807) is 0 Å². The molecule has 1 unspecified atom stereocenters. The van der Waals surface area contributed by atoms with Crippen molar-refractivity contribution in [3.8, 4) is 0 Å². The van der Waals surface area contributed by atoms with Gasteiger partial charge in [0.2, 0.25) is 0 Å². The van der Waals surface area contributed by atoms with Gasteiger partial charge in [-0.15, -0.1) is 0 Å². The van der Waals surface area contributed by atoms with Gasteiger partial charge in [-0.3, -0.25) is 0 Å². The van der Waals surface area contributed by atoms with E-state index in [0.717, 1.165) is 37.7 Å². The zero-order valence-electron chi connectivity index (χ0n) is 15.2. The van der Waals surface area contributed by atoms with E-state index in [-0.39, 0.29) is 25.1 Å². The number of hydrogen-bond acceptors (Lipinski definition) is 5. The van der Waals surface area contributed by atoms with Crippen molar-refractivity contribution in [2.75, 3.05) is 6.54 Å². The van der Waals surface area contributed by atoms with Crippen molar-refractivity contribution in [2.45, 2.75) is 57.3 Å². The first-order valence-electron chi connectivity index (χ1n) is 9.15. The van der Waals surface area contributed by atoms with Gasteiger partial charge in [0.1, 0.15) is 12.7 Å². The number of ether oxygens (including phenoxy) is 2. The molecule has 9 heteroatoms. The van der Waals surface area contributed by atoms with Gasteiger partial charge in [0, 0.05) is 15.9 Å². The molecule has 1 saturated carbocycles. The van der Waals surface area contributed by atoms with Crippen LogP contribution in [0.25, 0.3) is 20.9 Å². The van der Waals surface area contributed by atoms with E-state index in [1.165, 1.54) is 0 Å². The molecule has 0 saturated heterocycles. The first-order chi connectivity index (χ1) is 13.2. The smallest absolute Gasteiger partial charge is 0.431 e. The molecule has 0 radical (unpaired) electrons. The van der Waals surface area contributed by atoms with E-state index >= 15 is 0 Å². The number of carbonyl (C=O) groups excluding carboxylic acids is 1. The van der Waals surface area contributed by atoms with Gasteiger partial charge in [0.05, 0.1) is 6.54 Å². The molecule has 1 aromatic carbocycles. The van der Waals surface area contributed by atoms with Crippen molar-refractivity contribution < 1.29 is 14.3 Å². The van der Waals surface area contributed by atoms with E-state index in [4.69, 9.17) is 20.5 Å². The molecule has 1 aromatic rings. The van der Waals surface area contributed by atoms with Crippen LogP contribution in [-0.4, -0.2) is 24.8 Å². The summed E-state index contributed by atoms with van der Waals surface area (Å²) >= 11 is 0. The average Bonchev–Trinajstić information content (AvgIpc) is 2.91. The molecule has 9 nitrogen and oxygen atoms in total. The van der Waals surface area contributed by atoms with Crippen molar-refractivity contribution in [3.05, 3.63) is 56.8 Å². The summed E-state index contributed by atoms with van der Waals surface area (Å²) in [6.07, 6.45) is 3.92. The Balaban J connectivity index is 1.95. The molecule has 1 fully saturated rings. The minimum atomic E-state index is -0.800. The minimum Gasteiger partial charge on any atom is -0.431 e. The maximum Gasteiger partial charge on any atom is 0.508 e. The quantitative estimate of drug-likeness (QED) is 0.191. The van der Waals surface area contributed by atoms with Crippen LogP contribution in [-0.2, 0) is 16.1 Å². The fourth-order valence-corrected chi connectivity index (χ4v) is 3.37. The summed E-state index contributed by atoms with van der Waals surface area (Å²) in [7, 11) is 0. The van der Waals surface area contributed by atoms with Crippen molar-refractivity contribution in [1.29, 1.82) is 0 Å². The largest absolute Gasteiger partial charge is 0.508 e. The SMILES string of the molecule is [N-]=[N+]=NCC(C[C@@H]1CCCCC[C@H]1N=[N+]=[N-])OC(=O)OCc1ccccc1. The predicted molar refractivity (Wildman–Crippen MR) is 99.6 cm³/mol. The molecule has 0 N–H and O–H groups in total. The molecular weight excluding hydrogens is 348 g/mol. The molecule has 0 spiro atoms. The van der Waals surface area contributed by atoms with E-state index in [9.17, 15) is 4.79 Å². The number of benzene rings is 1. The van der Waals surface area contributed by atoms with Crippen LogP contribution in [0.1, 0.15) is 44.1 Å². The zero-order chi connectivity index (χ0) is 19.3. The normalized spacial score (nSPS) is 20.3. The third-order valence-corrected chi connectivity index (χ3v) is 4.70. The van der Waals surface area contributed by atoms with Crippen molar-refractivity contribution >= 4 is 6.16 Å². The Morgan fingerprint density at radius 2 is 1.93 bits per heavy atom. The highest BCUT2D eigenvalue weighted by molar-refractivity contribution is 5.60. The average molecular weight is 372 g/mol. The van der Waals surface area contributed by atoms with Gasteiger partial charge >= 0.3 is 6.16 Å². The molecule has 3 atom stereocenters. The van der Waals surface area contributed by atoms with Crippen molar-refractivity contribution in [2.24, 2.45) is 16.1 Å². The Morgan fingerprint density at radius 1 is 1.15 bits per heavy atom. The topological polar surface area (TPSA) is 133 Å². The predicted octanol–water partition coefficient (Wildman–Crippen LogP) is 5.67. The summed E-state index contributed by atoms with van der Waals surface area (Å²) in [5.74, 6) is 0.0872. The Bertz CT molecular complexity index is 686. The third kappa shape index (κ3) is 7.48. The van der Waals surface area contributed by atoms with Gasteiger partial charge in [0.25, 0.3) is 0 Å². The van der Waals surface area contributed by atoms with E-state index in [0.29, 0.717) is 6.42 Å². The highest BCUT2D eigenvalue weighted by Gasteiger charge is 2.27. The van der Waals surface area contributed by atoms with Crippen LogP contribution in [0.5, 0.6) is 0 Å². The van der Waals surface area contributed by atoms with Crippen molar-refractivity contribution in [1.82, 2.24) is 0 Å². The van der Waals surface area contributed by atoms with Crippen LogP contribution >= 0.6 is 0 Å². The molecule has 0 aliphatic heterocycles. The Kier molecular flexibility index (Phi) is 8.83. The van der Waals surface area contributed by atoms with Crippen LogP contribution < -0.4 is 0 Å². The van der Waals surface area contributed by atoms with Crippen LogP contribution in [0.3, 0.4) is 0 Å². The Morgan fingerprint density at radius 3 is 2.67 bits per heavy atom. The number of rotatable bonds is 8. The Hall–Kier alpha value is -2.89. The second-order valence-corrected chi connectivity index (χ2v) is 6.58. The van der Waals surface area contributed by atoms with E-state index in [1.807, 2.05) is 30.3 Å². The van der Waals surface area contributed by atoms with Crippen LogP contribution in [0.2, 0.25) is 0 Å². The molecule has 1 aliphatic rings. The Labute approximate surface area is 157 Å². The second-order valence-electron chi connectivity index (χ2n) is 6.58. The number of azide groups is 2. The third-order valence-electron chi connectivity index (χ3n) is 4.70. The lowest BCUT2D eigenvalue weighted by molar-refractivity contribution is 0.0125. The fourth-order valence-electron chi connectivity index (χ4n) is 3.37. The van der Waals surface area contributed by atoms with Crippen molar-refractivity contribution in [3.63, 3.8) is 0 Å². The summed E-state index contributed by atoms with van der Waals surface area (Å²) in [5, 5.41) is 7.47. The van der Waals surface area contributed by atoms with Crippen LogP contribution in [0.15, 0.2) is 40.6 Å². The van der Waals surface area contributed by atoms with Gasteiger partial charge in [-0.2, -0.15) is 0 Å². The first-order valence-corrected chi connectivity index (χ1v) is 9.15. The molecule has 2 rings (SSSR count). The van der Waals surface area contributed by atoms with E-state index < -0.39 is 12.3 Å². The lowest BCUT2D eigenvalue weighted by Gasteiger charge is -2.25. The summed E-state index contributed by atoms with van der Waals surface area (Å²) in [5.41, 5.74) is 18.3. The lowest BCUT2D eigenvalue weighted by Crippen LogP contribution is -2.28. The number of hydrogen-bond donors (Lipinski definition) is 0. The molecule has 144 valence electrons. The van der Waals surface area contributed by atoms with Gasteiger partial charge in [-0.05, 0) is 41.8 Å². The monoisotopic (exact) mass is 372 g/mol. The van der Waals surface area contributed by atoms with Gasteiger partial charge in [-0.1, -0.05) is 59.8 Å².